The van der Waals surface area contributed by atoms with E-state index in [1.165, 1.54) is 0 Å². The fourth-order valence-corrected chi connectivity index (χ4v) is 1.33. The van der Waals surface area contributed by atoms with Gasteiger partial charge in [0.05, 0.1) is 5.41 Å². The molecule has 12 heavy (non-hydrogen) atoms. The van der Waals surface area contributed by atoms with Crippen molar-refractivity contribution in [2.45, 2.75) is 19.3 Å². The molecule has 0 aromatic heterocycles. The Bertz CT molecular complexity index is 213. The first kappa shape index (κ1) is 9.10. The van der Waals surface area contributed by atoms with Gasteiger partial charge in [0.1, 0.15) is 0 Å². The molecule has 1 fully saturated rings. The second-order valence-electron chi connectivity index (χ2n) is 3.16. The Labute approximate surface area is 71.7 Å². The largest absolute Gasteiger partial charge is 0.481 e. The molecule has 1 saturated carbocycles. The number of carbonyl (C=O) groups is 2. The predicted molar refractivity (Wildman–Crippen MR) is 43.1 cm³/mol. The van der Waals surface area contributed by atoms with Crippen LogP contribution in [0.3, 0.4) is 0 Å². The third-order valence-electron chi connectivity index (χ3n) is 2.37. The molecule has 0 aromatic carbocycles. The van der Waals surface area contributed by atoms with Crippen molar-refractivity contribution in [2.24, 2.45) is 5.41 Å². The molecule has 0 aliphatic heterocycles. The summed E-state index contributed by atoms with van der Waals surface area (Å²) >= 11 is 0. The van der Waals surface area contributed by atoms with Crippen LogP contribution in [0.5, 0.6) is 0 Å². The molecule has 4 nitrogen and oxygen atoms in total. The van der Waals surface area contributed by atoms with E-state index in [-0.39, 0.29) is 6.54 Å². The van der Waals surface area contributed by atoms with Gasteiger partial charge in [-0.3, -0.25) is 9.59 Å². The summed E-state index contributed by atoms with van der Waals surface area (Å²) in [6.07, 6.45) is 2.16. The molecule has 0 aromatic rings. The summed E-state index contributed by atoms with van der Waals surface area (Å²) in [7, 11) is 4.84. The molecule has 0 spiro atoms. The molecule has 0 bridgehead atoms. The Morgan fingerprint density at radius 1 is 1.50 bits per heavy atom. The van der Waals surface area contributed by atoms with Crippen LogP contribution in [0.2, 0.25) is 0 Å². The summed E-state index contributed by atoms with van der Waals surface area (Å²) in [4.78, 5) is 21.1. The molecule has 2 radical (unpaired) electrons. The van der Waals surface area contributed by atoms with Gasteiger partial charge < -0.3 is 10.4 Å². The number of carboxylic acids is 1. The number of hydrogen-bond donors (Lipinski definition) is 2. The van der Waals surface area contributed by atoms with Crippen molar-refractivity contribution in [1.82, 2.24) is 5.32 Å². The first-order valence-electron chi connectivity index (χ1n) is 3.83. The van der Waals surface area contributed by atoms with E-state index in [1.54, 1.807) is 0 Å². The lowest BCUT2D eigenvalue weighted by Crippen LogP contribution is -2.47. The van der Waals surface area contributed by atoms with Crippen molar-refractivity contribution in [3.05, 3.63) is 0 Å². The standard InChI is InChI=1S/C7H10BNO3/c8-6(12)9-4-7(5(10)11)2-1-3-7/h1-4H2,(H,9,12)(H,10,11). The minimum atomic E-state index is -0.845. The third kappa shape index (κ3) is 1.60. The Balaban J connectivity index is 2.45. The SMILES string of the molecule is [B]C(=O)NCC1(C(=O)O)CCC1. The molecule has 1 rings (SSSR count). The monoisotopic (exact) mass is 167 g/mol. The lowest BCUT2D eigenvalue weighted by atomic mass is 9.68. The highest BCUT2D eigenvalue weighted by Gasteiger charge is 2.44. The van der Waals surface area contributed by atoms with E-state index in [9.17, 15) is 9.59 Å². The molecule has 2 N–H and O–H groups in total. The van der Waals surface area contributed by atoms with Crippen LogP contribution in [-0.4, -0.2) is 31.3 Å². The van der Waals surface area contributed by atoms with E-state index >= 15 is 0 Å². The van der Waals surface area contributed by atoms with Crippen LogP contribution in [-0.2, 0) is 4.79 Å². The highest BCUT2D eigenvalue weighted by atomic mass is 16.4. The van der Waals surface area contributed by atoms with Gasteiger partial charge in [0, 0.05) is 6.54 Å². The number of carbonyl (C=O) groups excluding carboxylic acids is 1. The van der Waals surface area contributed by atoms with Crippen LogP contribution in [0.1, 0.15) is 19.3 Å². The lowest BCUT2D eigenvalue weighted by molar-refractivity contribution is -0.153. The van der Waals surface area contributed by atoms with Gasteiger partial charge in [0.25, 0.3) is 0 Å². The average Bonchev–Trinajstić information content (AvgIpc) is 1.83. The summed E-state index contributed by atoms with van der Waals surface area (Å²) in [5.41, 5.74) is -0.741. The summed E-state index contributed by atoms with van der Waals surface area (Å²) in [6.45, 7) is 0.150. The normalized spacial score (nSPS) is 19.3. The van der Waals surface area contributed by atoms with Crippen LogP contribution in [0, 0.1) is 5.41 Å². The number of hydrogen-bond acceptors (Lipinski definition) is 2. The predicted octanol–water partition coefficient (Wildman–Crippen LogP) is 0.119. The molecule has 0 unspecified atom stereocenters. The molecule has 0 heterocycles. The van der Waals surface area contributed by atoms with Crippen molar-refractivity contribution in [3.63, 3.8) is 0 Å². The first-order chi connectivity index (χ1) is 5.57. The number of carboxylic acid groups (broad SMARTS) is 1. The van der Waals surface area contributed by atoms with E-state index in [4.69, 9.17) is 13.0 Å². The van der Waals surface area contributed by atoms with Crippen LogP contribution < -0.4 is 5.32 Å². The van der Waals surface area contributed by atoms with Crippen molar-refractivity contribution in [1.29, 1.82) is 0 Å². The zero-order chi connectivity index (χ0) is 9.19. The molecular formula is C7H10BNO3. The third-order valence-corrected chi connectivity index (χ3v) is 2.37. The van der Waals surface area contributed by atoms with E-state index in [1.807, 2.05) is 0 Å². The maximum Gasteiger partial charge on any atom is 0.311 e. The summed E-state index contributed by atoms with van der Waals surface area (Å²) in [5.74, 6) is -1.51. The molecule has 64 valence electrons. The summed E-state index contributed by atoms with van der Waals surface area (Å²) in [6, 6.07) is 0. The van der Waals surface area contributed by atoms with Crippen LogP contribution >= 0.6 is 0 Å². The smallest absolute Gasteiger partial charge is 0.311 e. The highest BCUT2D eigenvalue weighted by Crippen LogP contribution is 2.40. The zero-order valence-corrected chi connectivity index (χ0v) is 6.67. The van der Waals surface area contributed by atoms with E-state index in [0.717, 1.165) is 6.42 Å². The van der Waals surface area contributed by atoms with Gasteiger partial charge in [-0.2, -0.15) is 0 Å². The van der Waals surface area contributed by atoms with Crippen LogP contribution in [0.4, 0.5) is 4.79 Å². The van der Waals surface area contributed by atoms with Gasteiger partial charge in [0.2, 0.25) is 0 Å². The number of nitrogens with one attached hydrogen (secondary N) is 1. The maximum absolute atomic E-state index is 10.7. The minimum Gasteiger partial charge on any atom is -0.481 e. The van der Waals surface area contributed by atoms with E-state index < -0.39 is 17.2 Å². The van der Waals surface area contributed by atoms with Gasteiger partial charge in [0.15, 0.2) is 13.7 Å². The summed E-state index contributed by atoms with van der Waals surface area (Å²) in [5, 5.41) is 11.1. The molecule has 1 aliphatic rings. The minimum absolute atomic E-state index is 0.150. The molecule has 5 heteroatoms. The van der Waals surface area contributed by atoms with Crippen LogP contribution in [0.15, 0.2) is 0 Å². The molecular weight excluding hydrogens is 157 g/mol. The Hall–Kier alpha value is -0.995. The molecule has 1 aliphatic carbocycles. The summed E-state index contributed by atoms with van der Waals surface area (Å²) < 4.78 is 0. The molecule has 0 saturated heterocycles. The molecule has 1 amide bonds. The van der Waals surface area contributed by atoms with Crippen molar-refractivity contribution in [3.8, 4) is 0 Å². The second kappa shape index (κ2) is 3.17. The first-order valence-corrected chi connectivity index (χ1v) is 3.83. The number of amides is 1. The maximum atomic E-state index is 10.7. The zero-order valence-electron chi connectivity index (χ0n) is 6.67. The number of aliphatic carboxylic acids is 1. The van der Waals surface area contributed by atoms with Gasteiger partial charge in [-0.05, 0) is 12.8 Å². The highest BCUT2D eigenvalue weighted by molar-refractivity contribution is 6.57. The van der Waals surface area contributed by atoms with Crippen LogP contribution in [0.25, 0.3) is 0 Å². The quantitative estimate of drug-likeness (QED) is 0.586. The number of rotatable bonds is 3. The fraction of sp³-hybridized carbons (Fsp3) is 0.714. The second-order valence-corrected chi connectivity index (χ2v) is 3.16. The lowest BCUT2D eigenvalue weighted by Gasteiger charge is -2.37. The Morgan fingerprint density at radius 2 is 2.08 bits per heavy atom. The van der Waals surface area contributed by atoms with Gasteiger partial charge >= 0.3 is 5.97 Å². The topological polar surface area (TPSA) is 66.4 Å². The van der Waals surface area contributed by atoms with Crippen molar-refractivity contribution < 1.29 is 14.7 Å². The van der Waals surface area contributed by atoms with Gasteiger partial charge in [-0.1, -0.05) is 6.42 Å². The van der Waals surface area contributed by atoms with Gasteiger partial charge in [-0.25, -0.2) is 0 Å². The van der Waals surface area contributed by atoms with E-state index in [0.29, 0.717) is 12.8 Å². The van der Waals surface area contributed by atoms with Gasteiger partial charge in [-0.15, -0.1) is 0 Å². The Morgan fingerprint density at radius 3 is 2.33 bits per heavy atom. The van der Waals surface area contributed by atoms with Crippen molar-refractivity contribution in [2.75, 3.05) is 6.54 Å². The molecule has 0 atom stereocenters. The fourth-order valence-electron chi connectivity index (χ4n) is 1.33. The van der Waals surface area contributed by atoms with E-state index in [2.05, 4.69) is 5.32 Å². The Kier molecular flexibility index (Phi) is 2.40. The van der Waals surface area contributed by atoms with Crippen molar-refractivity contribution >= 4 is 19.6 Å². The average molecular weight is 167 g/mol.